The van der Waals surface area contributed by atoms with Crippen molar-refractivity contribution in [2.75, 3.05) is 39.8 Å². The van der Waals surface area contributed by atoms with Gasteiger partial charge in [-0.15, -0.1) is 0 Å². The van der Waals surface area contributed by atoms with Crippen molar-refractivity contribution in [1.29, 1.82) is 0 Å². The fraction of sp³-hybridized carbons (Fsp3) is 0.923. The van der Waals surface area contributed by atoms with Gasteiger partial charge in [-0.3, -0.25) is 4.79 Å². The fourth-order valence-corrected chi connectivity index (χ4v) is 2.96. The first kappa shape index (κ1) is 13.8. The van der Waals surface area contributed by atoms with Gasteiger partial charge in [-0.05, 0) is 19.9 Å². The number of nitrogens with one attached hydrogen (secondary N) is 1. The molecule has 1 aliphatic carbocycles. The first-order valence-electron chi connectivity index (χ1n) is 6.95. The molecular weight excluding hydrogens is 230 g/mol. The van der Waals surface area contributed by atoms with Gasteiger partial charge in [0.05, 0.1) is 18.1 Å². The van der Waals surface area contributed by atoms with Gasteiger partial charge in [0.15, 0.2) is 0 Å². The molecule has 0 aromatic heterocycles. The number of hydrogen-bond donors (Lipinski definition) is 2. The van der Waals surface area contributed by atoms with Crippen LogP contribution < -0.4 is 11.1 Å². The number of likely N-dealkylation sites (N-methyl/N-ethyl adjacent to an activating group) is 1. The van der Waals surface area contributed by atoms with Gasteiger partial charge < -0.3 is 20.7 Å². The van der Waals surface area contributed by atoms with Crippen molar-refractivity contribution in [1.82, 2.24) is 10.2 Å². The summed E-state index contributed by atoms with van der Waals surface area (Å²) < 4.78 is 5.64. The largest absolute Gasteiger partial charge is 0.374 e. The lowest BCUT2D eigenvalue weighted by molar-refractivity contribution is -0.131. The molecule has 1 saturated carbocycles. The number of amides is 1. The number of hydrogen-bond acceptors (Lipinski definition) is 4. The van der Waals surface area contributed by atoms with Gasteiger partial charge in [0.2, 0.25) is 5.91 Å². The second kappa shape index (κ2) is 5.99. The van der Waals surface area contributed by atoms with Crippen molar-refractivity contribution in [3.63, 3.8) is 0 Å². The van der Waals surface area contributed by atoms with Gasteiger partial charge in [-0.1, -0.05) is 12.8 Å². The maximum absolute atomic E-state index is 12.3. The predicted octanol–water partition coefficient (Wildman–Crippen LogP) is -0.0477. The van der Waals surface area contributed by atoms with E-state index in [0.29, 0.717) is 13.1 Å². The maximum atomic E-state index is 12.3. The molecular formula is C13H25N3O2. The Morgan fingerprint density at radius 1 is 1.50 bits per heavy atom. The first-order chi connectivity index (χ1) is 8.66. The molecule has 0 aromatic carbocycles. The molecule has 1 unspecified atom stereocenters. The van der Waals surface area contributed by atoms with E-state index in [9.17, 15) is 4.79 Å². The minimum absolute atomic E-state index is 0.115. The highest BCUT2D eigenvalue weighted by atomic mass is 16.5. The molecule has 104 valence electrons. The number of rotatable bonds is 4. The third-order valence-electron chi connectivity index (χ3n) is 4.27. The molecule has 1 atom stereocenters. The third kappa shape index (κ3) is 3.02. The Balaban J connectivity index is 1.80. The van der Waals surface area contributed by atoms with E-state index in [4.69, 9.17) is 10.5 Å². The van der Waals surface area contributed by atoms with E-state index in [1.807, 2.05) is 0 Å². The Labute approximate surface area is 109 Å². The number of carbonyl (C=O) groups excluding carboxylic acids is 1. The second-order valence-corrected chi connectivity index (χ2v) is 5.66. The topological polar surface area (TPSA) is 67.6 Å². The standard InChI is InChI=1S/C13H25N3O2/c1-16-6-7-18-11(9-16)8-15-12(17)13(10-14)4-2-3-5-13/h11H,2-10,14H2,1H3,(H,15,17). The van der Waals surface area contributed by atoms with E-state index in [2.05, 4.69) is 17.3 Å². The molecule has 18 heavy (non-hydrogen) atoms. The van der Waals surface area contributed by atoms with Crippen LogP contribution in [0.5, 0.6) is 0 Å². The zero-order chi connectivity index (χ0) is 13.0. The van der Waals surface area contributed by atoms with E-state index in [1.165, 1.54) is 0 Å². The van der Waals surface area contributed by atoms with Crippen molar-refractivity contribution in [2.45, 2.75) is 31.8 Å². The van der Waals surface area contributed by atoms with Crippen LogP contribution in [0.2, 0.25) is 0 Å². The Kier molecular flexibility index (Phi) is 4.59. The monoisotopic (exact) mass is 255 g/mol. The van der Waals surface area contributed by atoms with Crippen LogP contribution >= 0.6 is 0 Å². The van der Waals surface area contributed by atoms with Crippen molar-refractivity contribution in [3.8, 4) is 0 Å². The number of morpholine rings is 1. The molecule has 1 aliphatic heterocycles. The van der Waals surface area contributed by atoms with Crippen LogP contribution in [-0.4, -0.2) is 56.7 Å². The highest BCUT2D eigenvalue weighted by Crippen LogP contribution is 2.37. The quantitative estimate of drug-likeness (QED) is 0.739. The van der Waals surface area contributed by atoms with Crippen LogP contribution in [0.1, 0.15) is 25.7 Å². The highest BCUT2D eigenvalue weighted by molar-refractivity contribution is 5.83. The first-order valence-corrected chi connectivity index (χ1v) is 6.95. The number of carbonyl (C=O) groups is 1. The Morgan fingerprint density at radius 3 is 2.83 bits per heavy atom. The summed E-state index contributed by atoms with van der Waals surface area (Å²) in [6, 6.07) is 0. The van der Waals surface area contributed by atoms with E-state index in [-0.39, 0.29) is 17.4 Å². The summed E-state index contributed by atoms with van der Waals surface area (Å²) in [5.74, 6) is 0.124. The summed E-state index contributed by atoms with van der Waals surface area (Å²) in [5, 5.41) is 3.04. The molecule has 2 aliphatic rings. The van der Waals surface area contributed by atoms with Gasteiger partial charge in [-0.25, -0.2) is 0 Å². The molecule has 1 amide bonds. The number of ether oxygens (including phenoxy) is 1. The Bertz CT molecular complexity index is 290. The summed E-state index contributed by atoms with van der Waals surface area (Å²) in [7, 11) is 2.08. The van der Waals surface area contributed by atoms with E-state index in [0.717, 1.165) is 45.4 Å². The summed E-state index contributed by atoms with van der Waals surface area (Å²) in [6.07, 6.45) is 4.21. The second-order valence-electron chi connectivity index (χ2n) is 5.66. The normalized spacial score (nSPS) is 28.2. The summed E-state index contributed by atoms with van der Waals surface area (Å²) in [4.78, 5) is 14.5. The molecule has 0 spiro atoms. The maximum Gasteiger partial charge on any atom is 0.227 e. The minimum atomic E-state index is -0.305. The van der Waals surface area contributed by atoms with Crippen molar-refractivity contribution < 1.29 is 9.53 Å². The molecule has 2 rings (SSSR count). The molecule has 2 fully saturated rings. The SMILES string of the molecule is CN1CCOC(CNC(=O)C2(CN)CCCC2)C1. The summed E-state index contributed by atoms with van der Waals surface area (Å²) in [5.41, 5.74) is 5.50. The number of nitrogens with zero attached hydrogens (tertiary/aromatic N) is 1. The molecule has 1 saturated heterocycles. The average molecular weight is 255 g/mol. The van der Waals surface area contributed by atoms with Crippen LogP contribution in [0.4, 0.5) is 0 Å². The lowest BCUT2D eigenvalue weighted by Crippen LogP contribution is -2.50. The van der Waals surface area contributed by atoms with Crippen LogP contribution in [0.15, 0.2) is 0 Å². The van der Waals surface area contributed by atoms with E-state index < -0.39 is 0 Å². The summed E-state index contributed by atoms with van der Waals surface area (Å²) >= 11 is 0. The van der Waals surface area contributed by atoms with Gasteiger partial charge in [0.1, 0.15) is 0 Å². The lowest BCUT2D eigenvalue weighted by Gasteiger charge is -2.32. The smallest absolute Gasteiger partial charge is 0.227 e. The molecule has 1 heterocycles. The molecule has 5 nitrogen and oxygen atoms in total. The molecule has 0 bridgehead atoms. The minimum Gasteiger partial charge on any atom is -0.374 e. The summed E-state index contributed by atoms with van der Waals surface area (Å²) in [6.45, 7) is 3.67. The van der Waals surface area contributed by atoms with Crippen LogP contribution in [0.25, 0.3) is 0 Å². The highest BCUT2D eigenvalue weighted by Gasteiger charge is 2.39. The van der Waals surface area contributed by atoms with E-state index >= 15 is 0 Å². The van der Waals surface area contributed by atoms with Gasteiger partial charge >= 0.3 is 0 Å². The molecule has 0 aromatic rings. The molecule has 3 N–H and O–H groups in total. The zero-order valence-electron chi connectivity index (χ0n) is 11.3. The average Bonchev–Trinajstić information content (AvgIpc) is 2.86. The predicted molar refractivity (Wildman–Crippen MR) is 70.2 cm³/mol. The Morgan fingerprint density at radius 2 is 2.22 bits per heavy atom. The van der Waals surface area contributed by atoms with Crippen LogP contribution in [-0.2, 0) is 9.53 Å². The Hall–Kier alpha value is -0.650. The molecule has 0 radical (unpaired) electrons. The van der Waals surface area contributed by atoms with E-state index in [1.54, 1.807) is 0 Å². The van der Waals surface area contributed by atoms with Gasteiger partial charge in [-0.2, -0.15) is 0 Å². The lowest BCUT2D eigenvalue weighted by atomic mass is 9.85. The fourth-order valence-electron chi connectivity index (χ4n) is 2.96. The van der Waals surface area contributed by atoms with Crippen molar-refractivity contribution in [3.05, 3.63) is 0 Å². The van der Waals surface area contributed by atoms with Crippen LogP contribution in [0, 0.1) is 5.41 Å². The number of nitrogens with two attached hydrogens (primary N) is 1. The zero-order valence-corrected chi connectivity index (χ0v) is 11.3. The third-order valence-corrected chi connectivity index (χ3v) is 4.27. The van der Waals surface area contributed by atoms with Crippen molar-refractivity contribution >= 4 is 5.91 Å². The van der Waals surface area contributed by atoms with Gasteiger partial charge in [0, 0.05) is 26.2 Å². The van der Waals surface area contributed by atoms with Crippen LogP contribution in [0.3, 0.4) is 0 Å². The molecule has 5 heteroatoms. The van der Waals surface area contributed by atoms with Gasteiger partial charge in [0.25, 0.3) is 0 Å². The van der Waals surface area contributed by atoms with Crippen molar-refractivity contribution in [2.24, 2.45) is 11.1 Å².